The third kappa shape index (κ3) is 8.96. The van der Waals surface area contributed by atoms with Gasteiger partial charge in [0.25, 0.3) is 5.91 Å². The van der Waals surface area contributed by atoms with Crippen molar-refractivity contribution in [2.24, 2.45) is 5.10 Å². The zero-order valence-corrected chi connectivity index (χ0v) is 20.8. The first kappa shape index (κ1) is 27.2. The van der Waals surface area contributed by atoms with E-state index in [2.05, 4.69) is 15.8 Å². The lowest BCUT2D eigenvalue weighted by Crippen LogP contribution is -2.47. The fraction of sp³-hybridized carbons (Fsp3) is 0.250. The van der Waals surface area contributed by atoms with E-state index in [-0.39, 0.29) is 25.5 Å². The SMILES string of the molecule is CCOC(=O)N[C@H](Cc1ccccc1)C(=O)N/N=C\c1ccc(OCc2cccc(F)c2)c(OCC)c1. The highest BCUT2D eigenvalue weighted by molar-refractivity contribution is 5.87. The second kappa shape index (κ2) is 14.2. The molecular formula is C28H30FN3O5. The second-order valence-corrected chi connectivity index (χ2v) is 7.90. The van der Waals surface area contributed by atoms with Crippen LogP contribution in [0.2, 0.25) is 0 Å². The molecule has 2 amide bonds. The summed E-state index contributed by atoms with van der Waals surface area (Å²) in [7, 11) is 0. The Morgan fingerprint density at radius 1 is 0.919 bits per heavy atom. The number of hydrazone groups is 1. The van der Waals surface area contributed by atoms with Crippen molar-refractivity contribution < 1.29 is 28.2 Å². The van der Waals surface area contributed by atoms with Crippen LogP contribution in [0.25, 0.3) is 0 Å². The van der Waals surface area contributed by atoms with Gasteiger partial charge in [-0.15, -0.1) is 0 Å². The van der Waals surface area contributed by atoms with Crippen molar-refractivity contribution >= 4 is 18.2 Å². The molecule has 0 aromatic heterocycles. The monoisotopic (exact) mass is 507 g/mol. The van der Waals surface area contributed by atoms with E-state index in [0.717, 1.165) is 5.56 Å². The summed E-state index contributed by atoms with van der Waals surface area (Å²) in [5.74, 6) is 0.158. The zero-order chi connectivity index (χ0) is 26.5. The van der Waals surface area contributed by atoms with Crippen LogP contribution in [0.4, 0.5) is 9.18 Å². The van der Waals surface area contributed by atoms with Gasteiger partial charge in [0.05, 0.1) is 19.4 Å². The van der Waals surface area contributed by atoms with E-state index in [4.69, 9.17) is 14.2 Å². The lowest BCUT2D eigenvalue weighted by molar-refractivity contribution is -0.123. The summed E-state index contributed by atoms with van der Waals surface area (Å²) >= 11 is 0. The van der Waals surface area contributed by atoms with Crippen LogP contribution in [0, 0.1) is 5.82 Å². The van der Waals surface area contributed by atoms with Crippen LogP contribution in [-0.2, 0) is 22.6 Å². The molecule has 0 heterocycles. The van der Waals surface area contributed by atoms with E-state index in [1.807, 2.05) is 37.3 Å². The molecule has 0 unspecified atom stereocenters. The Morgan fingerprint density at radius 3 is 2.43 bits per heavy atom. The van der Waals surface area contributed by atoms with Crippen molar-refractivity contribution in [3.63, 3.8) is 0 Å². The fourth-order valence-electron chi connectivity index (χ4n) is 3.40. The van der Waals surface area contributed by atoms with Gasteiger partial charge in [-0.05, 0) is 60.9 Å². The summed E-state index contributed by atoms with van der Waals surface area (Å²) in [6.07, 6.45) is 1.05. The molecule has 194 valence electrons. The van der Waals surface area contributed by atoms with Crippen LogP contribution >= 0.6 is 0 Å². The molecule has 0 aliphatic heterocycles. The Bertz CT molecular complexity index is 1200. The first-order chi connectivity index (χ1) is 18.0. The molecule has 0 saturated carbocycles. The van der Waals surface area contributed by atoms with Gasteiger partial charge in [-0.2, -0.15) is 5.10 Å². The third-order valence-electron chi connectivity index (χ3n) is 5.11. The van der Waals surface area contributed by atoms with Crippen LogP contribution in [0.3, 0.4) is 0 Å². The van der Waals surface area contributed by atoms with Crippen LogP contribution in [0.1, 0.15) is 30.5 Å². The van der Waals surface area contributed by atoms with Crippen molar-refractivity contribution in [1.82, 2.24) is 10.7 Å². The van der Waals surface area contributed by atoms with E-state index >= 15 is 0 Å². The van der Waals surface area contributed by atoms with Gasteiger partial charge in [-0.1, -0.05) is 42.5 Å². The van der Waals surface area contributed by atoms with Crippen molar-refractivity contribution in [3.05, 3.63) is 95.3 Å². The predicted octanol–water partition coefficient (Wildman–Crippen LogP) is 4.61. The zero-order valence-electron chi connectivity index (χ0n) is 20.8. The molecule has 0 spiro atoms. The maximum Gasteiger partial charge on any atom is 0.407 e. The Hall–Kier alpha value is -4.40. The molecule has 0 saturated heterocycles. The van der Waals surface area contributed by atoms with Crippen LogP contribution < -0.4 is 20.2 Å². The first-order valence-electron chi connectivity index (χ1n) is 11.9. The highest BCUT2D eigenvalue weighted by Crippen LogP contribution is 2.29. The molecule has 3 aromatic rings. The number of carbonyl (C=O) groups is 2. The maximum atomic E-state index is 13.4. The number of benzene rings is 3. The molecule has 0 bridgehead atoms. The predicted molar refractivity (Wildman–Crippen MR) is 138 cm³/mol. The van der Waals surface area contributed by atoms with Crippen LogP contribution in [0.15, 0.2) is 77.9 Å². The summed E-state index contributed by atoms with van der Waals surface area (Å²) < 4.78 is 29.8. The fourth-order valence-corrected chi connectivity index (χ4v) is 3.40. The smallest absolute Gasteiger partial charge is 0.407 e. The summed E-state index contributed by atoms with van der Waals surface area (Å²) in [5, 5.41) is 6.61. The average Bonchev–Trinajstić information content (AvgIpc) is 2.89. The molecule has 0 aliphatic rings. The topological polar surface area (TPSA) is 98.2 Å². The minimum Gasteiger partial charge on any atom is -0.490 e. The van der Waals surface area contributed by atoms with Crippen LogP contribution in [-0.4, -0.2) is 37.5 Å². The molecule has 9 heteroatoms. The summed E-state index contributed by atoms with van der Waals surface area (Å²) in [5.41, 5.74) is 4.69. The van der Waals surface area contributed by atoms with Gasteiger partial charge in [-0.3, -0.25) is 4.79 Å². The standard InChI is InChI=1S/C28H30FN3O5/c1-3-35-26-17-21(13-14-25(26)37-19-22-11-8-12-23(29)15-22)18-30-32-27(33)24(31-28(34)36-4-2)16-20-9-6-5-7-10-20/h5-15,17-18,24H,3-4,16,19H2,1-2H3,(H,31,34)(H,32,33)/b30-18-/t24-/m1/s1. The molecule has 3 aromatic carbocycles. The highest BCUT2D eigenvalue weighted by atomic mass is 19.1. The van der Waals surface area contributed by atoms with Crippen molar-refractivity contribution in [1.29, 1.82) is 0 Å². The number of rotatable bonds is 12. The number of alkyl carbamates (subject to hydrolysis) is 1. The molecule has 3 rings (SSSR count). The summed E-state index contributed by atoms with van der Waals surface area (Å²) in [6, 6.07) is 19.8. The van der Waals surface area contributed by atoms with Crippen molar-refractivity contribution in [2.75, 3.05) is 13.2 Å². The van der Waals surface area contributed by atoms with Crippen molar-refractivity contribution in [3.8, 4) is 11.5 Å². The molecule has 0 aliphatic carbocycles. The van der Waals surface area contributed by atoms with Gasteiger partial charge in [0.15, 0.2) is 11.5 Å². The molecule has 1 atom stereocenters. The van der Waals surface area contributed by atoms with Gasteiger partial charge in [0.2, 0.25) is 0 Å². The van der Waals surface area contributed by atoms with Gasteiger partial charge in [0, 0.05) is 6.42 Å². The van der Waals surface area contributed by atoms with Gasteiger partial charge in [0.1, 0.15) is 18.5 Å². The number of nitrogens with one attached hydrogen (secondary N) is 2. The Kier molecular flexibility index (Phi) is 10.5. The third-order valence-corrected chi connectivity index (χ3v) is 5.11. The number of carbonyl (C=O) groups excluding carboxylic acids is 2. The van der Waals surface area contributed by atoms with E-state index in [9.17, 15) is 14.0 Å². The second-order valence-electron chi connectivity index (χ2n) is 7.90. The number of amides is 2. The lowest BCUT2D eigenvalue weighted by atomic mass is 10.1. The Balaban J connectivity index is 1.65. The molecule has 0 radical (unpaired) electrons. The Labute approximate surface area is 215 Å². The quantitative estimate of drug-likeness (QED) is 0.276. The van der Waals surface area contributed by atoms with E-state index < -0.39 is 18.0 Å². The molecular weight excluding hydrogens is 477 g/mol. The highest BCUT2D eigenvalue weighted by Gasteiger charge is 2.21. The lowest BCUT2D eigenvalue weighted by Gasteiger charge is -2.17. The maximum absolute atomic E-state index is 13.4. The number of ether oxygens (including phenoxy) is 3. The first-order valence-corrected chi connectivity index (χ1v) is 11.9. The molecule has 0 fully saturated rings. The molecule has 2 N–H and O–H groups in total. The number of hydrogen-bond donors (Lipinski definition) is 2. The van der Waals surface area contributed by atoms with Crippen LogP contribution in [0.5, 0.6) is 11.5 Å². The molecule has 8 nitrogen and oxygen atoms in total. The largest absolute Gasteiger partial charge is 0.490 e. The van der Waals surface area contributed by atoms with Gasteiger partial charge < -0.3 is 19.5 Å². The number of nitrogens with zero attached hydrogens (tertiary/aromatic N) is 1. The van der Waals surface area contributed by atoms with E-state index in [1.54, 1.807) is 37.3 Å². The molecule has 37 heavy (non-hydrogen) atoms. The minimum absolute atomic E-state index is 0.178. The number of hydrogen-bond acceptors (Lipinski definition) is 6. The average molecular weight is 508 g/mol. The van der Waals surface area contributed by atoms with Gasteiger partial charge >= 0.3 is 6.09 Å². The normalized spacial score (nSPS) is 11.5. The Morgan fingerprint density at radius 2 is 1.70 bits per heavy atom. The summed E-state index contributed by atoms with van der Waals surface area (Å²) in [4.78, 5) is 24.7. The van der Waals surface area contributed by atoms with E-state index in [1.165, 1.54) is 18.3 Å². The van der Waals surface area contributed by atoms with Gasteiger partial charge in [-0.25, -0.2) is 14.6 Å². The minimum atomic E-state index is -0.879. The van der Waals surface area contributed by atoms with Crippen molar-refractivity contribution in [2.45, 2.75) is 32.9 Å². The summed E-state index contributed by atoms with van der Waals surface area (Å²) in [6.45, 7) is 4.31. The number of halogens is 1. The van der Waals surface area contributed by atoms with E-state index in [0.29, 0.717) is 29.2 Å².